The Morgan fingerprint density at radius 2 is 1.66 bits per heavy atom. The number of nitrogens with zero attached hydrogens (tertiary/aromatic N) is 2. The number of ether oxygens (including phenoxy) is 1. The van der Waals surface area contributed by atoms with Crippen molar-refractivity contribution < 1.29 is 4.74 Å². The van der Waals surface area contributed by atoms with E-state index < -0.39 is 0 Å². The van der Waals surface area contributed by atoms with Crippen LogP contribution in [0, 0.1) is 0 Å². The number of pyridine rings is 1. The van der Waals surface area contributed by atoms with Gasteiger partial charge in [0, 0.05) is 17.6 Å². The summed E-state index contributed by atoms with van der Waals surface area (Å²) in [5, 5.41) is 6.21. The van der Waals surface area contributed by atoms with Crippen molar-refractivity contribution in [2.75, 3.05) is 5.32 Å². The van der Waals surface area contributed by atoms with Crippen molar-refractivity contribution in [2.45, 2.75) is 19.4 Å². The van der Waals surface area contributed by atoms with Crippen LogP contribution in [-0.2, 0) is 19.4 Å². The van der Waals surface area contributed by atoms with Gasteiger partial charge in [-0.15, -0.1) is 11.3 Å². The lowest BCUT2D eigenvalue weighted by Gasteiger charge is -2.10. The molecule has 0 saturated heterocycles. The van der Waals surface area contributed by atoms with Gasteiger partial charge >= 0.3 is 0 Å². The molecule has 0 radical (unpaired) electrons. The fourth-order valence-corrected chi connectivity index (χ4v) is 3.92. The number of benzene rings is 2. The van der Waals surface area contributed by atoms with Crippen molar-refractivity contribution in [3.8, 4) is 5.75 Å². The SMILES string of the molecule is Brc1cnc(Nc2nc(CCc3ccccc3)cs2)cc1OCc1ccccc1. The Morgan fingerprint density at radius 3 is 2.41 bits per heavy atom. The van der Waals surface area contributed by atoms with Crippen molar-refractivity contribution >= 4 is 38.2 Å². The Balaban J connectivity index is 1.37. The van der Waals surface area contributed by atoms with Gasteiger partial charge in [0.25, 0.3) is 0 Å². The van der Waals surface area contributed by atoms with Gasteiger partial charge in [0.1, 0.15) is 18.2 Å². The number of hydrogen-bond acceptors (Lipinski definition) is 5. The van der Waals surface area contributed by atoms with E-state index in [-0.39, 0.29) is 0 Å². The van der Waals surface area contributed by atoms with Gasteiger partial charge in [0.2, 0.25) is 0 Å². The average molecular weight is 466 g/mol. The molecule has 0 aliphatic rings. The summed E-state index contributed by atoms with van der Waals surface area (Å²) in [6.07, 6.45) is 3.64. The number of halogens is 1. The number of nitrogens with one attached hydrogen (secondary N) is 1. The Kier molecular flexibility index (Phi) is 6.54. The maximum absolute atomic E-state index is 5.95. The van der Waals surface area contributed by atoms with E-state index in [0.717, 1.165) is 39.5 Å². The van der Waals surface area contributed by atoms with Gasteiger partial charge < -0.3 is 10.1 Å². The first-order valence-electron chi connectivity index (χ1n) is 9.34. The van der Waals surface area contributed by atoms with Crippen molar-refractivity contribution in [3.63, 3.8) is 0 Å². The van der Waals surface area contributed by atoms with Crippen LogP contribution in [0.1, 0.15) is 16.8 Å². The van der Waals surface area contributed by atoms with Gasteiger partial charge in [0.15, 0.2) is 5.13 Å². The molecule has 0 spiro atoms. The lowest BCUT2D eigenvalue weighted by molar-refractivity contribution is 0.304. The van der Waals surface area contributed by atoms with Gasteiger partial charge in [-0.25, -0.2) is 9.97 Å². The summed E-state index contributed by atoms with van der Waals surface area (Å²) in [6.45, 7) is 0.504. The van der Waals surface area contributed by atoms with Gasteiger partial charge in [-0.3, -0.25) is 0 Å². The van der Waals surface area contributed by atoms with Crippen LogP contribution in [0.5, 0.6) is 5.75 Å². The minimum atomic E-state index is 0.504. The fourth-order valence-electron chi connectivity index (χ4n) is 2.84. The second-order valence-electron chi connectivity index (χ2n) is 6.53. The molecule has 4 aromatic rings. The molecule has 0 aliphatic carbocycles. The van der Waals surface area contributed by atoms with E-state index in [1.54, 1.807) is 17.5 Å². The smallest absolute Gasteiger partial charge is 0.188 e. The van der Waals surface area contributed by atoms with E-state index in [0.29, 0.717) is 12.4 Å². The molecule has 0 fully saturated rings. The summed E-state index contributed by atoms with van der Waals surface area (Å²) in [5.74, 6) is 1.45. The minimum Gasteiger partial charge on any atom is -0.488 e. The Morgan fingerprint density at radius 1 is 0.931 bits per heavy atom. The first-order chi connectivity index (χ1) is 14.3. The maximum atomic E-state index is 5.95. The number of aromatic nitrogens is 2. The number of rotatable bonds is 8. The summed E-state index contributed by atoms with van der Waals surface area (Å²) in [6, 6.07) is 22.5. The van der Waals surface area contributed by atoms with E-state index in [2.05, 4.69) is 60.9 Å². The third-order valence-corrected chi connectivity index (χ3v) is 5.76. The molecule has 6 heteroatoms. The third kappa shape index (κ3) is 5.65. The second kappa shape index (κ2) is 9.67. The zero-order valence-corrected chi connectivity index (χ0v) is 18.1. The Bertz CT molecular complexity index is 1050. The Labute approximate surface area is 182 Å². The minimum absolute atomic E-state index is 0.504. The van der Waals surface area contributed by atoms with Crippen LogP contribution in [0.4, 0.5) is 10.9 Å². The molecule has 0 saturated carbocycles. The van der Waals surface area contributed by atoms with E-state index in [4.69, 9.17) is 4.74 Å². The highest BCUT2D eigenvalue weighted by atomic mass is 79.9. The molecular formula is C23H20BrN3OS. The monoisotopic (exact) mass is 465 g/mol. The predicted molar refractivity (Wildman–Crippen MR) is 122 cm³/mol. The Hall–Kier alpha value is -2.70. The van der Waals surface area contributed by atoms with Crippen LogP contribution < -0.4 is 10.1 Å². The number of aryl methyl sites for hydroxylation is 2. The molecule has 2 aromatic carbocycles. The molecule has 0 amide bonds. The number of anilines is 2. The van der Waals surface area contributed by atoms with Crippen LogP contribution >= 0.6 is 27.3 Å². The molecule has 0 unspecified atom stereocenters. The predicted octanol–water partition coefficient (Wildman–Crippen LogP) is 6.41. The van der Waals surface area contributed by atoms with Gasteiger partial charge in [-0.05, 0) is 39.9 Å². The van der Waals surface area contributed by atoms with Crippen molar-refractivity contribution in [3.05, 3.63) is 99.6 Å². The van der Waals surface area contributed by atoms with Gasteiger partial charge in [-0.1, -0.05) is 60.7 Å². The van der Waals surface area contributed by atoms with E-state index in [1.165, 1.54) is 5.56 Å². The van der Waals surface area contributed by atoms with Crippen molar-refractivity contribution in [2.24, 2.45) is 0 Å². The summed E-state index contributed by atoms with van der Waals surface area (Å²) >= 11 is 5.09. The quantitative estimate of drug-likeness (QED) is 0.326. The average Bonchev–Trinajstić information content (AvgIpc) is 3.21. The number of thiazole rings is 1. The highest BCUT2D eigenvalue weighted by molar-refractivity contribution is 9.10. The molecular weight excluding hydrogens is 446 g/mol. The summed E-state index contributed by atoms with van der Waals surface area (Å²) in [4.78, 5) is 9.10. The highest BCUT2D eigenvalue weighted by Crippen LogP contribution is 2.29. The number of hydrogen-bond donors (Lipinski definition) is 1. The van der Waals surface area contributed by atoms with Gasteiger partial charge in [0.05, 0.1) is 10.2 Å². The third-order valence-electron chi connectivity index (χ3n) is 4.36. The maximum Gasteiger partial charge on any atom is 0.188 e. The van der Waals surface area contributed by atoms with Crippen molar-refractivity contribution in [1.29, 1.82) is 0 Å². The zero-order valence-electron chi connectivity index (χ0n) is 15.7. The molecule has 4 nitrogen and oxygen atoms in total. The molecule has 2 heterocycles. The van der Waals surface area contributed by atoms with Crippen LogP contribution in [-0.4, -0.2) is 9.97 Å². The van der Waals surface area contributed by atoms with E-state index in [9.17, 15) is 0 Å². The fraction of sp³-hybridized carbons (Fsp3) is 0.130. The standard InChI is InChI=1S/C23H20BrN3OS/c24-20-14-25-22(13-21(20)28-15-18-9-5-2-6-10-18)27-23-26-19(16-29-23)12-11-17-7-3-1-4-8-17/h1-10,13-14,16H,11-12,15H2,(H,25,26,27). The van der Waals surface area contributed by atoms with Gasteiger partial charge in [-0.2, -0.15) is 0 Å². The topological polar surface area (TPSA) is 47.0 Å². The highest BCUT2D eigenvalue weighted by Gasteiger charge is 2.08. The first kappa shape index (κ1) is 19.6. The molecule has 2 aromatic heterocycles. The van der Waals surface area contributed by atoms with Crippen LogP contribution in [0.25, 0.3) is 0 Å². The van der Waals surface area contributed by atoms with E-state index in [1.807, 2.05) is 42.5 Å². The second-order valence-corrected chi connectivity index (χ2v) is 8.24. The summed E-state index contributed by atoms with van der Waals surface area (Å²) < 4.78 is 6.77. The first-order valence-corrected chi connectivity index (χ1v) is 11.0. The molecule has 0 atom stereocenters. The molecule has 0 aliphatic heterocycles. The van der Waals surface area contributed by atoms with Crippen LogP contribution in [0.15, 0.2) is 82.8 Å². The van der Waals surface area contributed by atoms with E-state index >= 15 is 0 Å². The van der Waals surface area contributed by atoms with Crippen LogP contribution in [0.2, 0.25) is 0 Å². The van der Waals surface area contributed by atoms with Crippen LogP contribution in [0.3, 0.4) is 0 Å². The molecule has 1 N–H and O–H groups in total. The molecule has 146 valence electrons. The summed E-state index contributed by atoms with van der Waals surface area (Å²) in [7, 11) is 0. The summed E-state index contributed by atoms with van der Waals surface area (Å²) in [5.41, 5.74) is 3.53. The largest absolute Gasteiger partial charge is 0.488 e. The lowest BCUT2D eigenvalue weighted by Crippen LogP contribution is -1.99. The molecule has 4 rings (SSSR count). The van der Waals surface area contributed by atoms with Crippen molar-refractivity contribution in [1.82, 2.24) is 9.97 Å². The zero-order chi connectivity index (χ0) is 19.9. The molecule has 29 heavy (non-hydrogen) atoms. The molecule has 0 bridgehead atoms. The lowest BCUT2D eigenvalue weighted by atomic mass is 10.1. The normalized spacial score (nSPS) is 10.7.